The van der Waals surface area contributed by atoms with Gasteiger partial charge >= 0.3 is 0 Å². The van der Waals surface area contributed by atoms with E-state index in [2.05, 4.69) is 9.71 Å². The average molecular weight is 301 g/mol. The van der Waals surface area contributed by atoms with Gasteiger partial charge in [0.25, 0.3) is 0 Å². The van der Waals surface area contributed by atoms with Gasteiger partial charge in [0.1, 0.15) is 4.90 Å². The Bertz CT molecular complexity index is 632. The lowest BCUT2D eigenvalue weighted by atomic mass is 10.3. The van der Waals surface area contributed by atoms with E-state index >= 15 is 0 Å². The fourth-order valence-corrected chi connectivity index (χ4v) is 4.44. The van der Waals surface area contributed by atoms with Gasteiger partial charge in [-0.25, -0.2) is 18.1 Å². The van der Waals surface area contributed by atoms with Crippen LogP contribution in [0.3, 0.4) is 0 Å². The van der Waals surface area contributed by atoms with E-state index in [4.69, 9.17) is 0 Å². The summed E-state index contributed by atoms with van der Waals surface area (Å²) in [6.45, 7) is 2.24. The molecule has 0 unspecified atom stereocenters. The van der Waals surface area contributed by atoms with E-state index in [9.17, 15) is 13.5 Å². The summed E-state index contributed by atoms with van der Waals surface area (Å²) < 4.78 is 28.7. The Morgan fingerprint density at radius 3 is 2.95 bits per heavy atom. The average Bonchev–Trinajstić information content (AvgIpc) is 2.98. The molecule has 0 radical (unpaired) electrons. The van der Waals surface area contributed by atoms with Gasteiger partial charge in [0, 0.05) is 25.5 Å². The molecule has 2 aromatic heterocycles. The molecule has 0 aliphatic carbocycles. The van der Waals surface area contributed by atoms with Crippen molar-refractivity contribution in [3.05, 3.63) is 34.5 Å². The van der Waals surface area contributed by atoms with Gasteiger partial charge in [-0.3, -0.25) is 0 Å². The smallest absolute Gasteiger partial charge is 0.242 e. The maximum Gasteiger partial charge on any atom is 0.242 e. The summed E-state index contributed by atoms with van der Waals surface area (Å²) in [7, 11) is -3.58. The molecule has 0 saturated carbocycles. The van der Waals surface area contributed by atoms with Crippen molar-refractivity contribution in [2.45, 2.75) is 25.0 Å². The number of sulfonamides is 1. The number of aryl methyl sites for hydroxylation is 1. The third-order valence-corrected chi connectivity index (χ3v) is 5.53. The maximum absolute atomic E-state index is 12.2. The fourth-order valence-electron chi connectivity index (χ4n) is 1.76. The second-order valence-electron chi connectivity index (χ2n) is 4.03. The Morgan fingerprint density at radius 2 is 2.32 bits per heavy atom. The Labute approximate surface area is 115 Å². The van der Waals surface area contributed by atoms with Crippen LogP contribution in [0.5, 0.6) is 0 Å². The largest absolute Gasteiger partial charge is 0.391 e. The number of aliphatic hydroxyl groups is 1. The molecule has 0 saturated heterocycles. The van der Waals surface area contributed by atoms with Crippen molar-refractivity contribution in [1.29, 1.82) is 0 Å². The van der Waals surface area contributed by atoms with Crippen LogP contribution in [0, 0.1) is 6.92 Å². The molecular formula is C11H15N3O3S2. The maximum atomic E-state index is 12.2. The van der Waals surface area contributed by atoms with Gasteiger partial charge in [0.2, 0.25) is 10.0 Å². The summed E-state index contributed by atoms with van der Waals surface area (Å²) in [5.41, 5.74) is 0.657. The molecular weight excluding hydrogens is 286 g/mol. The topological polar surface area (TPSA) is 84.2 Å². The molecule has 0 amide bonds. The highest BCUT2D eigenvalue weighted by Gasteiger charge is 2.22. The first-order valence-corrected chi connectivity index (χ1v) is 8.04. The number of aliphatic hydroxyl groups excluding tert-OH is 1. The predicted octanol–water partition coefficient (Wildman–Crippen LogP) is 0.724. The minimum atomic E-state index is -3.58. The van der Waals surface area contributed by atoms with Gasteiger partial charge < -0.3 is 9.67 Å². The second kappa shape index (κ2) is 5.83. The van der Waals surface area contributed by atoms with Crippen molar-refractivity contribution in [3.63, 3.8) is 0 Å². The number of hydrogen-bond donors (Lipinski definition) is 2. The molecule has 2 aromatic rings. The van der Waals surface area contributed by atoms with Gasteiger partial charge in [-0.15, -0.1) is 11.3 Å². The molecule has 2 rings (SSSR count). The minimum absolute atomic E-state index is 0.200. The highest BCUT2D eigenvalue weighted by atomic mass is 32.2. The molecule has 0 aliphatic rings. The number of thiophene rings is 1. The summed E-state index contributed by atoms with van der Waals surface area (Å²) in [6.07, 6.45) is 5.04. The Hall–Kier alpha value is -1.22. The molecule has 2 N–H and O–H groups in total. The van der Waals surface area contributed by atoms with Crippen molar-refractivity contribution in [2.75, 3.05) is 6.54 Å². The lowest BCUT2D eigenvalue weighted by molar-refractivity contribution is 0.282. The number of imidazole rings is 1. The lowest BCUT2D eigenvalue weighted by Crippen LogP contribution is -2.28. The molecule has 0 fully saturated rings. The minimum Gasteiger partial charge on any atom is -0.391 e. The molecule has 6 nitrogen and oxygen atoms in total. The number of rotatable bonds is 6. The van der Waals surface area contributed by atoms with E-state index in [0.29, 0.717) is 17.0 Å². The van der Waals surface area contributed by atoms with Crippen LogP contribution in [0.1, 0.15) is 10.4 Å². The highest BCUT2D eigenvalue weighted by Crippen LogP contribution is 2.26. The zero-order valence-electron chi connectivity index (χ0n) is 10.4. The normalized spacial score (nSPS) is 11.9. The van der Waals surface area contributed by atoms with E-state index in [1.807, 2.05) is 0 Å². The van der Waals surface area contributed by atoms with E-state index in [1.165, 1.54) is 11.3 Å². The van der Waals surface area contributed by atoms with Crippen LogP contribution in [-0.2, 0) is 23.2 Å². The summed E-state index contributed by atoms with van der Waals surface area (Å²) in [5, 5.41) is 10.9. The van der Waals surface area contributed by atoms with Gasteiger partial charge in [-0.2, -0.15) is 0 Å². The van der Waals surface area contributed by atoms with E-state index in [0.717, 1.165) is 0 Å². The van der Waals surface area contributed by atoms with Crippen LogP contribution in [0.4, 0.5) is 0 Å². The van der Waals surface area contributed by atoms with Crippen LogP contribution >= 0.6 is 11.3 Å². The number of aromatic nitrogens is 2. The third-order valence-electron chi connectivity index (χ3n) is 2.62. The number of hydrogen-bond acceptors (Lipinski definition) is 5. The van der Waals surface area contributed by atoms with Crippen LogP contribution in [0.15, 0.2) is 29.0 Å². The molecule has 8 heteroatoms. The van der Waals surface area contributed by atoms with E-state index < -0.39 is 10.0 Å². The van der Waals surface area contributed by atoms with Crippen molar-refractivity contribution in [3.8, 4) is 0 Å². The van der Waals surface area contributed by atoms with Crippen LogP contribution in [-0.4, -0.2) is 29.6 Å². The van der Waals surface area contributed by atoms with Gasteiger partial charge in [0.15, 0.2) is 0 Å². The first kappa shape index (κ1) is 14.2. The quantitative estimate of drug-likeness (QED) is 0.823. The first-order valence-electron chi connectivity index (χ1n) is 5.68. The summed E-state index contributed by atoms with van der Waals surface area (Å²) in [4.78, 5) is 4.55. The second-order valence-corrected chi connectivity index (χ2v) is 6.70. The standard InChI is InChI=1S/C11H15N3O3S2/c1-9-7-18-10(6-15)11(9)19(16,17)13-3-5-14-4-2-12-8-14/h2,4,7-8,13,15H,3,5-6H2,1H3. The van der Waals surface area contributed by atoms with E-state index in [1.54, 1.807) is 35.6 Å². The summed E-state index contributed by atoms with van der Waals surface area (Å²) in [6, 6.07) is 0. The van der Waals surface area contributed by atoms with E-state index in [-0.39, 0.29) is 18.0 Å². The van der Waals surface area contributed by atoms with Crippen molar-refractivity contribution in [2.24, 2.45) is 0 Å². The zero-order valence-corrected chi connectivity index (χ0v) is 12.0. The van der Waals surface area contributed by atoms with Crippen molar-refractivity contribution in [1.82, 2.24) is 14.3 Å². The molecule has 2 heterocycles. The Morgan fingerprint density at radius 1 is 1.53 bits per heavy atom. The number of nitrogens with zero attached hydrogens (tertiary/aromatic N) is 2. The van der Waals surface area contributed by atoms with Gasteiger partial charge in [-0.05, 0) is 17.9 Å². The summed E-state index contributed by atoms with van der Waals surface area (Å²) in [5.74, 6) is 0. The Kier molecular flexibility index (Phi) is 4.35. The summed E-state index contributed by atoms with van der Waals surface area (Å²) >= 11 is 1.25. The van der Waals surface area contributed by atoms with Crippen LogP contribution in [0.2, 0.25) is 0 Å². The predicted molar refractivity (Wildman–Crippen MR) is 72.4 cm³/mol. The zero-order chi connectivity index (χ0) is 13.9. The molecule has 0 bridgehead atoms. The lowest BCUT2D eigenvalue weighted by Gasteiger charge is -2.08. The monoisotopic (exact) mass is 301 g/mol. The third kappa shape index (κ3) is 3.21. The highest BCUT2D eigenvalue weighted by molar-refractivity contribution is 7.89. The fraction of sp³-hybridized carbons (Fsp3) is 0.364. The molecule has 0 spiro atoms. The van der Waals surface area contributed by atoms with Gasteiger partial charge in [-0.1, -0.05) is 0 Å². The Balaban J connectivity index is 2.07. The molecule has 0 aromatic carbocycles. The van der Waals surface area contributed by atoms with Crippen molar-refractivity contribution < 1.29 is 13.5 Å². The van der Waals surface area contributed by atoms with Crippen LogP contribution in [0.25, 0.3) is 0 Å². The molecule has 104 valence electrons. The first-order chi connectivity index (χ1) is 9.04. The molecule has 0 aliphatic heterocycles. The SMILES string of the molecule is Cc1csc(CO)c1S(=O)(=O)NCCn1ccnc1. The van der Waals surface area contributed by atoms with Crippen LogP contribution < -0.4 is 4.72 Å². The molecule has 0 atom stereocenters. The molecule has 19 heavy (non-hydrogen) atoms. The van der Waals surface area contributed by atoms with Crippen molar-refractivity contribution >= 4 is 21.4 Å². The number of nitrogens with one attached hydrogen (secondary N) is 1. The van der Waals surface area contributed by atoms with Gasteiger partial charge in [0.05, 0.1) is 17.8 Å².